The molecular formula is C13H18N2O3. The lowest BCUT2D eigenvalue weighted by Gasteiger charge is -2.24. The van der Waals surface area contributed by atoms with Gasteiger partial charge in [0.05, 0.1) is 0 Å². The van der Waals surface area contributed by atoms with E-state index in [1.54, 1.807) is 19.1 Å². The molecule has 1 unspecified atom stereocenters. The molecule has 0 spiro atoms. The maximum absolute atomic E-state index is 11.9. The Morgan fingerprint density at radius 2 is 1.94 bits per heavy atom. The molecule has 0 aliphatic heterocycles. The molecule has 4 N–H and O–H groups in total. The smallest absolute Gasteiger partial charge is 0.303 e. The molecule has 98 valence electrons. The molecule has 0 radical (unpaired) electrons. The van der Waals surface area contributed by atoms with Gasteiger partial charge < -0.3 is 16.2 Å². The van der Waals surface area contributed by atoms with Crippen molar-refractivity contribution < 1.29 is 14.7 Å². The number of hydrogen-bond acceptors (Lipinski definition) is 3. The van der Waals surface area contributed by atoms with E-state index in [4.69, 9.17) is 10.8 Å². The number of carbonyl (C=O) groups is 2. The number of benzene rings is 1. The number of hydrogen-bond donors (Lipinski definition) is 3. The Bertz CT molecular complexity index is 416. The van der Waals surface area contributed by atoms with Crippen LogP contribution in [0.5, 0.6) is 0 Å². The average molecular weight is 250 g/mol. The van der Waals surface area contributed by atoms with Crippen molar-refractivity contribution >= 4 is 11.9 Å². The van der Waals surface area contributed by atoms with Crippen molar-refractivity contribution in [2.24, 2.45) is 5.73 Å². The molecule has 0 saturated heterocycles. The first kappa shape index (κ1) is 14.2. The molecule has 0 fully saturated rings. The van der Waals surface area contributed by atoms with Gasteiger partial charge in [0.25, 0.3) is 0 Å². The zero-order valence-electron chi connectivity index (χ0n) is 10.3. The zero-order chi connectivity index (χ0) is 13.6. The van der Waals surface area contributed by atoms with Gasteiger partial charge in [0.2, 0.25) is 5.91 Å². The van der Waals surface area contributed by atoms with E-state index < -0.39 is 11.5 Å². The Morgan fingerprint density at radius 1 is 1.33 bits per heavy atom. The molecule has 1 amide bonds. The monoisotopic (exact) mass is 250 g/mol. The minimum atomic E-state index is -1.11. The van der Waals surface area contributed by atoms with E-state index in [1.165, 1.54) is 0 Å². The predicted octanol–water partition coefficient (Wildman–Crippen LogP) is 0.842. The highest BCUT2D eigenvalue weighted by atomic mass is 16.4. The van der Waals surface area contributed by atoms with Crippen LogP contribution in [0.3, 0.4) is 0 Å². The molecule has 5 heteroatoms. The zero-order valence-corrected chi connectivity index (χ0v) is 10.3. The number of carboxylic acid groups (broad SMARTS) is 1. The first-order valence-electron chi connectivity index (χ1n) is 5.79. The Kier molecular flexibility index (Phi) is 4.85. The van der Waals surface area contributed by atoms with Gasteiger partial charge in [0, 0.05) is 13.0 Å². The molecule has 0 bridgehead atoms. The van der Waals surface area contributed by atoms with E-state index >= 15 is 0 Å². The molecular weight excluding hydrogens is 232 g/mol. The van der Waals surface area contributed by atoms with Crippen LogP contribution in [-0.2, 0) is 15.1 Å². The number of amides is 1. The highest BCUT2D eigenvalue weighted by Gasteiger charge is 2.29. The minimum absolute atomic E-state index is 0.0346. The summed E-state index contributed by atoms with van der Waals surface area (Å²) in [5.41, 5.74) is 5.61. The molecule has 0 aliphatic carbocycles. The van der Waals surface area contributed by atoms with Gasteiger partial charge in [-0.05, 0) is 18.9 Å². The van der Waals surface area contributed by atoms with Gasteiger partial charge in [0.15, 0.2) is 0 Å². The Balaban J connectivity index is 2.52. The van der Waals surface area contributed by atoms with Crippen LogP contribution >= 0.6 is 0 Å². The molecule has 1 atom stereocenters. The molecule has 18 heavy (non-hydrogen) atoms. The van der Waals surface area contributed by atoms with Crippen LogP contribution in [0.2, 0.25) is 0 Å². The number of carbonyl (C=O) groups excluding carboxylic acids is 1. The molecule has 5 nitrogen and oxygen atoms in total. The van der Waals surface area contributed by atoms with E-state index in [0.717, 1.165) is 5.56 Å². The average Bonchev–Trinajstić information content (AvgIpc) is 2.35. The standard InChI is InChI=1S/C13H18N2O3/c1-13(14,10-6-3-2-4-7-10)12(18)15-9-5-8-11(16)17/h2-4,6-7H,5,8-9,14H2,1H3,(H,15,18)(H,16,17). The lowest BCUT2D eigenvalue weighted by atomic mass is 9.92. The largest absolute Gasteiger partial charge is 0.481 e. The first-order chi connectivity index (χ1) is 8.44. The normalized spacial score (nSPS) is 13.7. The molecule has 1 rings (SSSR count). The molecule has 0 heterocycles. The quantitative estimate of drug-likeness (QED) is 0.652. The van der Waals surface area contributed by atoms with E-state index in [-0.39, 0.29) is 12.3 Å². The first-order valence-corrected chi connectivity index (χ1v) is 5.79. The van der Waals surface area contributed by atoms with Crippen molar-refractivity contribution in [3.63, 3.8) is 0 Å². The van der Waals surface area contributed by atoms with E-state index in [0.29, 0.717) is 13.0 Å². The summed E-state index contributed by atoms with van der Waals surface area (Å²) in [6, 6.07) is 9.06. The SMILES string of the molecule is CC(N)(C(=O)NCCCC(=O)O)c1ccccc1. The summed E-state index contributed by atoms with van der Waals surface area (Å²) in [7, 11) is 0. The second-order valence-corrected chi connectivity index (χ2v) is 4.32. The van der Waals surface area contributed by atoms with Gasteiger partial charge in [-0.2, -0.15) is 0 Å². The Labute approximate surface area is 106 Å². The third-order valence-electron chi connectivity index (χ3n) is 2.70. The summed E-state index contributed by atoms with van der Waals surface area (Å²) in [5, 5.41) is 11.1. The lowest BCUT2D eigenvalue weighted by Crippen LogP contribution is -2.49. The molecule has 1 aromatic carbocycles. The second kappa shape index (κ2) is 6.16. The summed E-state index contributed by atoms with van der Waals surface area (Å²) < 4.78 is 0. The van der Waals surface area contributed by atoms with Gasteiger partial charge >= 0.3 is 5.97 Å². The van der Waals surface area contributed by atoms with Gasteiger partial charge in [0.1, 0.15) is 5.54 Å². The minimum Gasteiger partial charge on any atom is -0.481 e. The third-order valence-corrected chi connectivity index (χ3v) is 2.70. The maximum atomic E-state index is 11.9. The molecule has 1 aromatic rings. The van der Waals surface area contributed by atoms with Gasteiger partial charge in [-0.3, -0.25) is 9.59 Å². The van der Waals surface area contributed by atoms with Crippen LogP contribution in [0.25, 0.3) is 0 Å². The fourth-order valence-electron chi connectivity index (χ4n) is 1.54. The van der Waals surface area contributed by atoms with Crippen molar-refractivity contribution in [1.29, 1.82) is 0 Å². The van der Waals surface area contributed by atoms with Crippen molar-refractivity contribution in [3.8, 4) is 0 Å². The van der Waals surface area contributed by atoms with Crippen LogP contribution in [0.4, 0.5) is 0 Å². The van der Waals surface area contributed by atoms with Crippen LogP contribution < -0.4 is 11.1 Å². The number of carboxylic acids is 1. The third kappa shape index (κ3) is 3.85. The van der Waals surface area contributed by atoms with Gasteiger partial charge in [-0.1, -0.05) is 30.3 Å². The van der Waals surface area contributed by atoms with Crippen LogP contribution in [0.15, 0.2) is 30.3 Å². The van der Waals surface area contributed by atoms with E-state index in [2.05, 4.69) is 5.32 Å². The summed E-state index contributed by atoms with van der Waals surface area (Å²) in [6.07, 6.45) is 0.429. The Morgan fingerprint density at radius 3 is 2.50 bits per heavy atom. The maximum Gasteiger partial charge on any atom is 0.303 e. The van der Waals surface area contributed by atoms with Crippen molar-refractivity contribution in [2.75, 3.05) is 6.54 Å². The van der Waals surface area contributed by atoms with Crippen molar-refractivity contribution in [3.05, 3.63) is 35.9 Å². The second-order valence-electron chi connectivity index (χ2n) is 4.32. The highest BCUT2D eigenvalue weighted by molar-refractivity contribution is 5.86. The van der Waals surface area contributed by atoms with Crippen molar-refractivity contribution in [2.45, 2.75) is 25.3 Å². The number of aliphatic carboxylic acids is 1. The van der Waals surface area contributed by atoms with Gasteiger partial charge in [-0.15, -0.1) is 0 Å². The lowest BCUT2D eigenvalue weighted by molar-refractivity contribution is -0.137. The van der Waals surface area contributed by atoms with Crippen LogP contribution in [0.1, 0.15) is 25.3 Å². The summed E-state index contributed by atoms with van der Waals surface area (Å²) in [4.78, 5) is 22.3. The number of rotatable bonds is 6. The van der Waals surface area contributed by atoms with Gasteiger partial charge in [-0.25, -0.2) is 0 Å². The summed E-state index contributed by atoms with van der Waals surface area (Å²) >= 11 is 0. The summed E-state index contributed by atoms with van der Waals surface area (Å²) in [6.45, 7) is 1.94. The number of nitrogens with two attached hydrogens (primary N) is 1. The topological polar surface area (TPSA) is 92.4 Å². The van der Waals surface area contributed by atoms with Crippen LogP contribution in [-0.4, -0.2) is 23.5 Å². The summed E-state index contributed by atoms with van der Waals surface area (Å²) in [5.74, 6) is -1.18. The highest BCUT2D eigenvalue weighted by Crippen LogP contribution is 2.17. The molecule has 0 aromatic heterocycles. The fourth-order valence-corrected chi connectivity index (χ4v) is 1.54. The molecule has 0 aliphatic rings. The van der Waals surface area contributed by atoms with Crippen LogP contribution in [0, 0.1) is 0 Å². The van der Waals surface area contributed by atoms with Crippen molar-refractivity contribution in [1.82, 2.24) is 5.32 Å². The van der Waals surface area contributed by atoms with E-state index in [1.807, 2.05) is 18.2 Å². The fraction of sp³-hybridized carbons (Fsp3) is 0.385. The number of nitrogens with one attached hydrogen (secondary N) is 1. The Hall–Kier alpha value is -1.88. The van der Waals surface area contributed by atoms with E-state index in [9.17, 15) is 9.59 Å². The molecule has 0 saturated carbocycles. The predicted molar refractivity (Wildman–Crippen MR) is 67.9 cm³/mol.